The number of allylic oxidation sites excluding steroid dienone is 2. The highest BCUT2D eigenvalue weighted by Gasteiger charge is 2.10. The maximum absolute atomic E-state index is 5.36. The van der Waals surface area contributed by atoms with Crippen LogP contribution in [0.1, 0.15) is 22.3 Å². The summed E-state index contributed by atoms with van der Waals surface area (Å²) in [6.07, 6.45) is 0. The summed E-state index contributed by atoms with van der Waals surface area (Å²) in [5, 5.41) is 0. The van der Waals surface area contributed by atoms with Gasteiger partial charge in [-0.3, -0.25) is 0 Å². The van der Waals surface area contributed by atoms with Crippen molar-refractivity contribution >= 4 is 11.1 Å². The summed E-state index contributed by atoms with van der Waals surface area (Å²) in [4.78, 5) is 0. The lowest BCUT2D eigenvalue weighted by atomic mass is 9.94. The number of hydrogen-bond acceptors (Lipinski definition) is 2. The van der Waals surface area contributed by atoms with E-state index in [1.54, 1.807) is 14.2 Å². The highest BCUT2D eigenvalue weighted by atomic mass is 16.5. The highest BCUT2D eigenvalue weighted by Crippen LogP contribution is 2.28. The van der Waals surface area contributed by atoms with Crippen LogP contribution in [0.25, 0.3) is 11.1 Å². The maximum Gasteiger partial charge on any atom is 0.118 e. The van der Waals surface area contributed by atoms with Gasteiger partial charge in [-0.2, -0.15) is 0 Å². The van der Waals surface area contributed by atoms with Crippen LogP contribution in [-0.2, 0) is 0 Å². The Hall–Kier alpha value is -4.66. The minimum absolute atomic E-state index is 0.792. The van der Waals surface area contributed by atoms with Gasteiger partial charge in [0.25, 0.3) is 0 Å². The van der Waals surface area contributed by atoms with Gasteiger partial charge in [0.05, 0.1) is 14.2 Å². The van der Waals surface area contributed by atoms with Crippen molar-refractivity contribution in [3.05, 3.63) is 131 Å². The minimum Gasteiger partial charge on any atom is -0.497 e. The first-order valence-corrected chi connectivity index (χ1v) is 10.9. The summed E-state index contributed by atoms with van der Waals surface area (Å²) in [7, 11) is 3.32. The molecule has 0 heterocycles. The van der Waals surface area contributed by atoms with Crippen molar-refractivity contribution in [2.45, 2.75) is 0 Å². The SMILES string of the molecule is COc1ccc(/C(C#Cc2ccccc2)=C(/C#Cc2ccccc2)c2ccc(OC)cc2)cc1. The fourth-order valence-electron chi connectivity index (χ4n) is 3.39. The molecule has 0 aliphatic rings. The van der Waals surface area contributed by atoms with E-state index in [1.165, 1.54) is 0 Å². The van der Waals surface area contributed by atoms with Crippen LogP contribution in [0.15, 0.2) is 109 Å². The summed E-state index contributed by atoms with van der Waals surface area (Å²) in [6, 6.07) is 35.7. The van der Waals surface area contributed by atoms with Gasteiger partial charge in [-0.25, -0.2) is 0 Å². The van der Waals surface area contributed by atoms with Gasteiger partial charge in [-0.15, -0.1) is 0 Å². The van der Waals surface area contributed by atoms with Crippen LogP contribution in [0.2, 0.25) is 0 Å². The van der Waals surface area contributed by atoms with E-state index in [9.17, 15) is 0 Å². The quantitative estimate of drug-likeness (QED) is 0.259. The molecule has 34 heavy (non-hydrogen) atoms. The molecular weight excluding hydrogens is 416 g/mol. The molecule has 0 aliphatic carbocycles. The Morgan fingerprint density at radius 3 is 1.15 bits per heavy atom. The van der Waals surface area contributed by atoms with Gasteiger partial charge in [-0.1, -0.05) is 84.3 Å². The van der Waals surface area contributed by atoms with Crippen molar-refractivity contribution in [1.82, 2.24) is 0 Å². The maximum atomic E-state index is 5.36. The number of rotatable bonds is 4. The molecule has 0 saturated carbocycles. The molecule has 164 valence electrons. The van der Waals surface area contributed by atoms with Gasteiger partial charge in [0.1, 0.15) is 11.5 Å². The Morgan fingerprint density at radius 1 is 0.471 bits per heavy atom. The highest BCUT2D eigenvalue weighted by molar-refractivity contribution is 6.04. The molecule has 4 aromatic rings. The third-order valence-electron chi connectivity index (χ3n) is 5.22. The van der Waals surface area contributed by atoms with Crippen molar-refractivity contribution < 1.29 is 9.47 Å². The van der Waals surface area contributed by atoms with Crippen molar-refractivity contribution in [3.8, 4) is 35.2 Å². The zero-order valence-corrected chi connectivity index (χ0v) is 19.2. The second-order valence-corrected chi connectivity index (χ2v) is 7.44. The number of benzene rings is 4. The average Bonchev–Trinajstić information content (AvgIpc) is 2.92. The Bertz CT molecular complexity index is 1260. The number of ether oxygens (including phenoxy) is 2. The van der Waals surface area contributed by atoms with Crippen molar-refractivity contribution in [3.63, 3.8) is 0 Å². The largest absolute Gasteiger partial charge is 0.497 e. The predicted molar refractivity (Wildman–Crippen MR) is 139 cm³/mol. The molecular formula is C32H24O2. The Kier molecular flexibility index (Phi) is 7.47. The standard InChI is InChI=1S/C32H24O2/c1-33-29-19-15-27(16-20-29)31(23-13-25-9-5-3-6-10-25)32(24-14-26-11-7-4-8-12-26)28-17-21-30(34-2)22-18-28/h3-12,15-22H,1-2H3/b32-31-. The van der Waals surface area contributed by atoms with E-state index in [0.717, 1.165) is 44.9 Å². The zero-order valence-electron chi connectivity index (χ0n) is 19.2. The molecule has 4 rings (SSSR count). The lowest BCUT2D eigenvalue weighted by Crippen LogP contribution is -1.92. The van der Waals surface area contributed by atoms with Crippen molar-refractivity contribution in [2.24, 2.45) is 0 Å². The molecule has 0 aliphatic heterocycles. The van der Waals surface area contributed by atoms with Crippen LogP contribution < -0.4 is 9.47 Å². The second-order valence-electron chi connectivity index (χ2n) is 7.44. The summed E-state index contributed by atoms with van der Waals surface area (Å²) in [5.41, 5.74) is 5.52. The van der Waals surface area contributed by atoms with Gasteiger partial charge in [-0.05, 0) is 59.7 Å². The van der Waals surface area contributed by atoms with Crippen LogP contribution in [0, 0.1) is 23.7 Å². The molecule has 0 fully saturated rings. The third-order valence-corrected chi connectivity index (χ3v) is 5.22. The summed E-state index contributed by atoms with van der Waals surface area (Å²) >= 11 is 0. The normalized spacial score (nSPS) is 10.6. The van der Waals surface area contributed by atoms with Crippen LogP contribution in [0.3, 0.4) is 0 Å². The molecule has 0 amide bonds. The van der Waals surface area contributed by atoms with Gasteiger partial charge in [0.15, 0.2) is 0 Å². The smallest absolute Gasteiger partial charge is 0.118 e. The van der Waals surface area contributed by atoms with Crippen LogP contribution in [0.4, 0.5) is 0 Å². The van der Waals surface area contributed by atoms with Gasteiger partial charge < -0.3 is 9.47 Å². The molecule has 0 N–H and O–H groups in total. The lowest BCUT2D eigenvalue weighted by Gasteiger charge is -2.09. The molecule has 0 atom stereocenters. The molecule has 0 radical (unpaired) electrons. The third kappa shape index (κ3) is 5.77. The zero-order chi connectivity index (χ0) is 23.6. The van der Waals surface area contributed by atoms with Gasteiger partial charge in [0.2, 0.25) is 0 Å². The molecule has 0 spiro atoms. The molecule has 4 aromatic carbocycles. The Morgan fingerprint density at radius 2 is 0.824 bits per heavy atom. The van der Waals surface area contributed by atoms with Crippen LogP contribution >= 0.6 is 0 Å². The summed E-state index contributed by atoms with van der Waals surface area (Å²) < 4.78 is 10.7. The van der Waals surface area contributed by atoms with E-state index in [4.69, 9.17) is 9.47 Å². The van der Waals surface area contributed by atoms with Crippen LogP contribution in [-0.4, -0.2) is 14.2 Å². The second kappa shape index (κ2) is 11.3. The summed E-state index contributed by atoms with van der Waals surface area (Å²) in [6.45, 7) is 0. The predicted octanol–water partition coefficient (Wildman–Crippen LogP) is 6.72. The Balaban J connectivity index is 1.94. The fraction of sp³-hybridized carbons (Fsp3) is 0.0625. The lowest BCUT2D eigenvalue weighted by molar-refractivity contribution is 0.414. The molecule has 0 aromatic heterocycles. The average molecular weight is 441 g/mol. The summed E-state index contributed by atoms with van der Waals surface area (Å²) in [5.74, 6) is 15.0. The minimum atomic E-state index is 0.792. The van der Waals surface area contributed by atoms with Crippen LogP contribution in [0.5, 0.6) is 11.5 Å². The van der Waals surface area contributed by atoms with Crippen molar-refractivity contribution in [2.75, 3.05) is 14.2 Å². The van der Waals surface area contributed by atoms with E-state index >= 15 is 0 Å². The first-order valence-electron chi connectivity index (χ1n) is 10.9. The molecule has 0 unspecified atom stereocenters. The topological polar surface area (TPSA) is 18.5 Å². The molecule has 2 nitrogen and oxygen atoms in total. The Labute approximate surface area is 201 Å². The van der Waals surface area contributed by atoms with E-state index in [0.29, 0.717) is 0 Å². The fourth-order valence-corrected chi connectivity index (χ4v) is 3.39. The monoisotopic (exact) mass is 440 g/mol. The first-order chi connectivity index (χ1) is 16.8. The molecule has 0 bridgehead atoms. The molecule has 2 heteroatoms. The van der Waals surface area contributed by atoms with Gasteiger partial charge in [0, 0.05) is 22.3 Å². The van der Waals surface area contributed by atoms with Crippen molar-refractivity contribution in [1.29, 1.82) is 0 Å². The van der Waals surface area contributed by atoms with E-state index < -0.39 is 0 Å². The number of hydrogen-bond donors (Lipinski definition) is 0. The first kappa shape index (κ1) is 22.5. The van der Waals surface area contributed by atoms with E-state index in [-0.39, 0.29) is 0 Å². The van der Waals surface area contributed by atoms with E-state index in [1.807, 2.05) is 109 Å². The molecule has 0 saturated heterocycles. The van der Waals surface area contributed by atoms with E-state index in [2.05, 4.69) is 23.7 Å². The van der Waals surface area contributed by atoms with Gasteiger partial charge >= 0.3 is 0 Å². The number of methoxy groups -OCH3 is 2.